The third-order valence-corrected chi connectivity index (χ3v) is 10.4. The van der Waals surface area contributed by atoms with Gasteiger partial charge in [0, 0.05) is 30.9 Å². The standard InChI is InChI=1S/C38H75N2O11PS/c1-3-5-7-9-11-13-15-17-19-21-36(41)50-31-34(51-37(42)22-20-18-16-14-12-10-8-6-4-2)32-53-33-35(39)38(43)40-23-24-47-25-26-48-27-28-49-29-30-52(44,45)46/h34-35H,3-33,39H2,1-2H3,(H,40,43)(H2,44,45,46). The molecule has 0 radical (unpaired) electrons. The van der Waals surface area contributed by atoms with Gasteiger partial charge in [-0.2, -0.15) is 11.8 Å². The van der Waals surface area contributed by atoms with E-state index in [2.05, 4.69) is 19.2 Å². The molecule has 0 fully saturated rings. The molecule has 0 aliphatic rings. The summed E-state index contributed by atoms with van der Waals surface area (Å²) < 4.78 is 37.9. The molecule has 0 aliphatic carbocycles. The van der Waals surface area contributed by atoms with Crippen molar-refractivity contribution in [2.24, 2.45) is 5.73 Å². The summed E-state index contributed by atoms with van der Waals surface area (Å²) >= 11 is 1.38. The molecule has 0 aromatic rings. The Balaban J connectivity index is 4.38. The lowest BCUT2D eigenvalue weighted by atomic mass is 10.1. The van der Waals surface area contributed by atoms with Crippen molar-refractivity contribution in [1.82, 2.24) is 5.32 Å². The summed E-state index contributed by atoms with van der Waals surface area (Å²) in [5, 5.41) is 2.74. The molecule has 314 valence electrons. The first-order chi connectivity index (χ1) is 25.6. The molecule has 0 aromatic carbocycles. The Labute approximate surface area is 324 Å². The molecule has 0 aromatic heterocycles. The second-order valence-corrected chi connectivity index (χ2v) is 16.5. The van der Waals surface area contributed by atoms with Gasteiger partial charge in [-0.05, 0) is 12.8 Å². The fourth-order valence-electron chi connectivity index (χ4n) is 5.28. The fourth-order valence-corrected chi connectivity index (χ4v) is 6.62. The van der Waals surface area contributed by atoms with Crippen LogP contribution >= 0.6 is 19.4 Å². The summed E-state index contributed by atoms with van der Waals surface area (Å²) in [6.07, 6.45) is 20.6. The third-order valence-electron chi connectivity index (χ3n) is 8.45. The lowest BCUT2D eigenvalue weighted by molar-refractivity contribution is -0.157. The number of ether oxygens (including phenoxy) is 5. The molecule has 0 spiro atoms. The van der Waals surface area contributed by atoms with E-state index in [0.717, 1.165) is 38.5 Å². The van der Waals surface area contributed by atoms with Crippen molar-refractivity contribution in [2.45, 2.75) is 154 Å². The van der Waals surface area contributed by atoms with Gasteiger partial charge in [0.1, 0.15) is 12.7 Å². The quantitative estimate of drug-likeness (QED) is 0.0292. The van der Waals surface area contributed by atoms with Crippen LogP contribution in [0.3, 0.4) is 0 Å². The molecule has 0 saturated carbocycles. The van der Waals surface area contributed by atoms with E-state index in [9.17, 15) is 18.9 Å². The van der Waals surface area contributed by atoms with Crippen molar-refractivity contribution in [3.8, 4) is 0 Å². The maximum atomic E-state index is 12.7. The highest BCUT2D eigenvalue weighted by atomic mass is 32.2. The molecule has 13 nitrogen and oxygen atoms in total. The number of hydrogen-bond acceptors (Lipinski definition) is 11. The number of unbranched alkanes of at least 4 members (excludes halogenated alkanes) is 16. The predicted molar refractivity (Wildman–Crippen MR) is 212 cm³/mol. The Morgan fingerprint density at radius 2 is 1.09 bits per heavy atom. The summed E-state index contributed by atoms with van der Waals surface area (Å²) in [6, 6.07) is -0.776. The maximum Gasteiger partial charge on any atom is 0.327 e. The Kier molecular flexibility index (Phi) is 36.8. The van der Waals surface area contributed by atoms with Crippen LogP contribution in [0.15, 0.2) is 0 Å². The first-order valence-corrected chi connectivity index (χ1v) is 23.3. The molecule has 0 aliphatic heterocycles. The topological polar surface area (TPSA) is 193 Å². The van der Waals surface area contributed by atoms with Gasteiger partial charge in [0.05, 0.1) is 51.8 Å². The average Bonchev–Trinajstić information content (AvgIpc) is 3.12. The van der Waals surface area contributed by atoms with Crippen LogP contribution in [0, 0.1) is 0 Å². The summed E-state index contributed by atoms with van der Waals surface area (Å²) in [4.78, 5) is 55.1. The van der Waals surface area contributed by atoms with E-state index < -0.39 is 19.7 Å². The minimum absolute atomic E-state index is 0.0150. The molecule has 0 rings (SSSR count). The largest absolute Gasteiger partial charge is 0.462 e. The first-order valence-electron chi connectivity index (χ1n) is 20.3. The van der Waals surface area contributed by atoms with Crippen molar-refractivity contribution < 1.29 is 52.4 Å². The second kappa shape index (κ2) is 37.7. The monoisotopic (exact) mass is 798 g/mol. The number of thioether (sulfide) groups is 1. The van der Waals surface area contributed by atoms with Crippen molar-refractivity contribution in [2.75, 3.05) is 70.5 Å². The van der Waals surface area contributed by atoms with Gasteiger partial charge in [0.25, 0.3) is 0 Å². The van der Waals surface area contributed by atoms with E-state index in [-0.39, 0.29) is 63.6 Å². The highest BCUT2D eigenvalue weighted by Crippen LogP contribution is 2.33. The third kappa shape index (κ3) is 38.8. The summed E-state index contributed by atoms with van der Waals surface area (Å²) in [5.41, 5.74) is 6.10. The van der Waals surface area contributed by atoms with Crippen molar-refractivity contribution in [3.05, 3.63) is 0 Å². The minimum atomic E-state index is -4.05. The molecule has 5 N–H and O–H groups in total. The van der Waals surface area contributed by atoms with Gasteiger partial charge in [-0.1, -0.05) is 117 Å². The predicted octanol–water partition coefficient (Wildman–Crippen LogP) is 6.69. The van der Waals surface area contributed by atoms with E-state index >= 15 is 0 Å². The van der Waals surface area contributed by atoms with Crippen LogP contribution in [-0.2, 0) is 42.6 Å². The smallest absolute Gasteiger partial charge is 0.327 e. The number of nitrogens with one attached hydrogen (secondary N) is 1. The van der Waals surface area contributed by atoms with Gasteiger partial charge < -0.3 is 44.5 Å². The number of esters is 2. The zero-order valence-electron chi connectivity index (χ0n) is 33.1. The van der Waals surface area contributed by atoms with E-state index in [1.165, 1.54) is 88.8 Å². The van der Waals surface area contributed by atoms with E-state index in [1.807, 2.05) is 0 Å². The SMILES string of the molecule is CCCCCCCCCCCC(=O)OCC(CSCC(N)C(=O)NCCOCCOCCOCCP(=O)(O)O)OC(=O)CCCCCCCCCCC. The summed E-state index contributed by atoms with van der Waals surface area (Å²) in [5.74, 6) is -0.250. The number of nitrogens with two attached hydrogens (primary N) is 1. The lowest BCUT2D eigenvalue weighted by Crippen LogP contribution is -2.43. The zero-order chi connectivity index (χ0) is 39.3. The van der Waals surface area contributed by atoms with Gasteiger partial charge in [-0.25, -0.2) is 0 Å². The second-order valence-electron chi connectivity index (χ2n) is 13.6. The van der Waals surface area contributed by atoms with Crippen LogP contribution in [0.5, 0.6) is 0 Å². The number of hydrogen-bond donors (Lipinski definition) is 4. The average molecular weight is 799 g/mol. The Hall–Kier alpha value is -1.25. The molecular weight excluding hydrogens is 723 g/mol. The van der Waals surface area contributed by atoms with E-state index in [0.29, 0.717) is 37.6 Å². The van der Waals surface area contributed by atoms with Crippen molar-refractivity contribution >= 4 is 37.2 Å². The Morgan fingerprint density at radius 3 is 1.60 bits per heavy atom. The summed E-state index contributed by atoms with van der Waals surface area (Å²) in [6.45, 7) is 6.04. The van der Waals surface area contributed by atoms with E-state index in [4.69, 9.17) is 39.2 Å². The van der Waals surface area contributed by atoms with Gasteiger partial charge in [-0.3, -0.25) is 18.9 Å². The molecular formula is C38H75N2O11PS. The molecule has 0 saturated heterocycles. The van der Waals surface area contributed by atoms with Crippen LogP contribution in [0.25, 0.3) is 0 Å². The van der Waals surface area contributed by atoms with Gasteiger partial charge >= 0.3 is 19.5 Å². The van der Waals surface area contributed by atoms with Crippen molar-refractivity contribution in [1.29, 1.82) is 0 Å². The zero-order valence-corrected chi connectivity index (χ0v) is 34.8. The molecule has 53 heavy (non-hydrogen) atoms. The molecule has 1 amide bonds. The molecule has 0 heterocycles. The number of rotatable bonds is 40. The Bertz CT molecular complexity index is 929. The van der Waals surface area contributed by atoms with Gasteiger partial charge in [0.15, 0.2) is 0 Å². The summed E-state index contributed by atoms with van der Waals surface area (Å²) in [7, 11) is -4.05. The number of carbonyl (C=O) groups is 3. The van der Waals surface area contributed by atoms with Crippen LogP contribution in [0.4, 0.5) is 0 Å². The highest BCUT2D eigenvalue weighted by Gasteiger charge is 2.20. The molecule has 0 bridgehead atoms. The van der Waals surface area contributed by atoms with Crippen LogP contribution in [-0.4, -0.2) is 110 Å². The number of amides is 1. The molecule has 2 atom stereocenters. The minimum Gasteiger partial charge on any atom is -0.462 e. The van der Waals surface area contributed by atoms with Gasteiger partial charge in [-0.15, -0.1) is 0 Å². The fraction of sp³-hybridized carbons (Fsp3) is 0.921. The highest BCUT2D eigenvalue weighted by molar-refractivity contribution is 7.99. The Morgan fingerprint density at radius 1 is 0.642 bits per heavy atom. The van der Waals surface area contributed by atoms with Crippen LogP contribution in [0.2, 0.25) is 0 Å². The maximum absolute atomic E-state index is 12.7. The lowest BCUT2D eigenvalue weighted by Gasteiger charge is -2.19. The first kappa shape index (κ1) is 51.8. The van der Waals surface area contributed by atoms with Gasteiger partial charge in [0.2, 0.25) is 5.91 Å². The number of carbonyl (C=O) groups excluding carboxylic acids is 3. The van der Waals surface area contributed by atoms with E-state index in [1.54, 1.807) is 0 Å². The normalized spacial score (nSPS) is 12.8. The van der Waals surface area contributed by atoms with Crippen molar-refractivity contribution in [3.63, 3.8) is 0 Å². The van der Waals surface area contributed by atoms with Crippen LogP contribution in [0.1, 0.15) is 142 Å². The molecule has 2 unspecified atom stereocenters. The molecule has 15 heteroatoms. The van der Waals surface area contributed by atoms with Crippen LogP contribution < -0.4 is 11.1 Å².